The number of carbonyl (C=O) groups excluding carboxylic acids is 2. The van der Waals surface area contributed by atoms with Crippen LogP contribution in [0.1, 0.15) is 20.8 Å². The van der Waals surface area contributed by atoms with Gasteiger partial charge in [-0.15, -0.1) is 11.3 Å². The van der Waals surface area contributed by atoms with E-state index in [9.17, 15) is 9.59 Å². The first-order valence-corrected chi connectivity index (χ1v) is 10.9. The van der Waals surface area contributed by atoms with Crippen LogP contribution in [-0.2, 0) is 16.0 Å². The maximum atomic E-state index is 11.9. The van der Waals surface area contributed by atoms with Crippen LogP contribution in [-0.4, -0.2) is 54.7 Å². The van der Waals surface area contributed by atoms with Crippen molar-refractivity contribution in [1.82, 2.24) is 15.5 Å². The van der Waals surface area contributed by atoms with Gasteiger partial charge in [0.1, 0.15) is 5.70 Å². The van der Waals surface area contributed by atoms with Crippen molar-refractivity contribution in [1.29, 1.82) is 0 Å². The number of morpholine rings is 1. The van der Waals surface area contributed by atoms with Gasteiger partial charge in [0.15, 0.2) is 5.11 Å². The third-order valence-corrected chi connectivity index (χ3v) is 6.38. The molecule has 7 nitrogen and oxygen atoms in total. The lowest BCUT2D eigenvalue weighted by Gasteiger charge is -2.26. The van der Waals surface area contributed by atoms with Crippen molar-refractivity contribution in [3.8, 4) is 10.4 Å². The van der Waals surface area contributed by atoms with Gasteiger partial charge in [-0.05, 0) is 60.1 Å². The second kappa shape index (κ2) is 9.05. The van der Waals surface area contributed by atoms with Crippen LogP contribution < -0.4 is 16.4 Å². The lowest BCUT2D eigenvalue weighted by Crippen LogP contribution is -2.37. The minimum atomic E-state index is -0.413. The lowest BCUT2D eigenvalue weighted by molar-refractivity contribution is -0.115. The summed E-state index contributed by atoms with van der Waals surface area (Å²) < 4.78 is 5.40. The molecule has 3 heterocycles. The summed E-state index contributed by atoms with van der Waals surface area (Å²) in [4.78, 5) is 28.1. The smallest absolute Gasteiger partial charge is 0.273 e. The Kier molecular flexibility index (Phi) is 6.24. The van der Waals surface area contributed by atoms with Crippen molar-refractivity contribution in [3.05, 3.63) is 52.0 Å². The molecule has 0 spiro atoms. The van der Waals surface area contributed by atoms with Gasteiger partial charge in [0.2, 0.25) is 5.91 Å². The van der Waals surface area contributed by atoms with Crippen molar-refractivity contribution in [2.24, 2.45) is 5.73 Å². The molecule has 0 bridgehead atoms. The first kappa shape index (κ1) is 20.7. The van der Waals surface area contributed by atoms with E-state index in [4.69, 9.17) is 22.7 Å². The van der Waals surface area contributed by atoms with Gasteiger partial charge in [-0.1, -0.05) is 6.07 Å². The second-order valence-corrected chi connectivity index (χ2v) is 8.63. The number of nitrogens with two attached hydrogens (primary N) is 1. The number of thiophene rings is 1. The van der Waals surface area contributed by atoms with Crippen LogP contribution in [0.5, 0.6) is 0 Å². The Balaban J connectivity index is 1.55. The average Bonchev–Trinajstić information content (AvgIpc) is 3.33. The third kappa shape index (κ3) is 4.76. The SMILES string of the molecule is NC(=O)c1ccc(-c2ccc(C=C3NC(=S)NC3=O)s2)cc1CCN1CCOCC1. The zero-order valence-corrected chi connectivity index (χ0v) is 17.9. The molecule has 0 atom stereocenters. The van der Waals surface area contributed by atoms with E-state index in [-0.39, 0.29) is 5.91 Å². The fraction of sp³-hybridized carbons (Fsp3) is 0.286. The highest BCUT2D eigenvalue weighted by molar-refractivity contribution is 7.80. The lowest BCUT2D eigenvalue weighted by atomic mass is 9.99. The van der Waals surface area contributed by atoms with Gasteiger partial charge in [-0.2, -0.15) is 0 Å². The summed E-state index contributed by atoms with van der Waals surface area (Å²) in [6, 6.07) is 9.72. The van der Waals surface area contributed by atoms with E-state index in [2.05, 4.69) is 15.5 Å². The number of nitrogens with one attached hydrogen (secondary N) is 2. The van der Waals surface area contributed by atoms with Gasteiger partial charge < -0.3 is 15.8 Å². The number of nitrogens with zero attached hydrogens (tertiary/aromatic N) is 1. The van der Waals surface area contributed by atoms with Crippen molar-refractivity contribution < 1.29 is 14.3 Å². The Morgan fingerprint density at radius 1 is 1.23 bits per heavy atom. The molecule has 2 aliphatic rings. The fourth-order valence-corrected chi connectivity index (χ4v) is 4.66. The fourth-order valence-electron chi connectivity index (χ4n) is 3.51. The molecule has 0 unspecified atom stereocenters. The highest BCUT2D eigenvalue weighted by Gasteiger charge is 2.20. The number of hydrogen-bond donors (Lipinski definition) is 3. The maximum absolute atomic E-state index is 11.9. The molecule has 4 N–H and O–H groups in total. The van der Waals surface area contributed by atoms with E-state index in [1.807, 2.05) is 24.3 Å². The maximum Gasteiger partial charge on any atom is 0.273 e. The molecule has 0 aliphatic carbocycles. The summed E-state index contributed by atoms with van der Waals surface area (Å²) in [7, 11) is 0. The molecule has 30 heavy (non-hydrogen) atoms. The second-order valence-electron chi connectivity index (χ2n) is 7.11. The molecule has 2 aromatic rings. The van der Waals surface area contributed by atoms with Crippen LogP contribution in [0.15, 0.2) is 36.0 Å². The molecular formula is C21H22N4O3S2. The summed E-state index contributed by atoms with van der Waals surface area (Å²) in [5.41, 5.74) is 8.56. The number of thiocarbonyl (C=S) groups is 1. The largest absolute Gasteiger partial charge is 0.379 e. The Hall–Kier alpha value is -2.59. The van der Waals surface area contributed by atoms with Gasteiger partial charge in [-0.25, -0.2) is 0 Å². The average molecular weight is 443 g/mol. The molecule has 156 valence electrons. The number of ether oxygens (including phenoxy) is 1. The Labute approximate surface area is 183 Å². The van der Waals surface area contributed by atoms with Crippen LogP contribution >= 0.6 is 23.6 Å². The number of primary amides is 1. The zero-order chi connectivity index (χ0) is 21.1. The molecule has 2 saturated heterocycles. The molecule has 2 amide bonds. The number of hydrogen-bond acceptors (Lipinski definition) is 6. The standard InChI is InChI=1S/C21H22N4O3S2/c22-19(26)16-3-1-14(11-13(16)5-6-25-7-9-28-10-8-25)18-4-2-15(30-18)12-17-20(27)24-21(29)23-17/h1-4,11-12H,5-10H2,(H2,22,26)(H2,23,24,27,29). The number of benzene rings is 1. The molecule has 1 aromatic heterocycles. The molecule has 1 aromatic carbocycles. The van der Waals surface area contributed by atoms with E-state index in [1.54, 1.807) is 23.5 Å². The molecule has 0 radical (unpaired) electrons. The van der Waals surface area contributed by atoms with Gasteiger partial charge in [-0.3, -0.25) is 19.8 Å². The number of rotatable bonds is 6. The van der Waals surface area contributed by atoms with Gasteiger partial charge in [0.25, 0.3) is 5.91 Å². The van der Waals surface area contributed by atoms with Crippen molar-refractivity contribution >= 4 is 46.6 Å². The first-order chi connectivity index (χ1) is 14.5. The molecule has 2 fully saturated rings. The predicted molar refractivity (Wildman–Crippen MR) is 121 cm³/mol. The summed E-state index contributed by atoms with van der Waals surface area (Å²) in [5, 5.41) is 5.72. The van der Waals surface area contributed by atoms with E-state index in [1.165, 1.54) is 0 Å². The Bertz CT molecular complexity index is 1030. The van der Waals surface area contributed by atoms with E-state index >= 15 is 0 Å². The third-order valence-electron chi connectivity index (χ3n) is 5.09. The van der Waals surface area contributed by atoms with Crippen LogP contribution in [0, 0.1) is 0 Å². The summed E-state index contributed by atoms with van der Waals surface area (Å²) in [6.45, 7) is 4.15. The van der Waals surface area contributed by atoms with Crippen molar-refractivity contribution in [2.45, 2.75) is 6.42 Å². The van der Waals surface area contributed by atoms with Crippen molar-refractivity contribution in [2.75, 3.05) is 32.8 Å². The molecule has 0 saturated carbocycles. The molecule has 2 aliphatic heterocycles. The zero-order valence-electron chi connectivity index (χ0n) is 16.3. The highest BCUT2D eigenvalue weighted by Crippen LogP contribution is 2.31. The highest BCUT2D eigenvalue weighted by atomic mass is 32.1. The number of carbonyl (C=O) groups is 2. The quantitative estimate of drug-likeness (QED) is 0.466. The van der Waals surface area contributed by atoms with Crippen LogP contribution in [0.3, 0.4) is 0 Å². The van der Waals surface area contributed by atoms with Crippen molar-refractivity contribution in [3.63, 3.8) is 0 Å². The Morgan fingerprint density at radius 3 is 2.73 bits per heavy atom. The summed E-state index contributed by atoms with van der Waals surface area (Å²) >= 11 is 6.52. The molecule has 9 heteroatoms. The van der Waals surface area contributed by atoms with Crippen LogP contribution in [0.2, 0.25) is 0 Å². The monoisotopic (exact) mass is 442 g/mol. The first-order valence-electron chi connectivity index (χ1n) is 9.66. The Morgan fingerprint density at radius 2 is 2.03 bits per heavy atom. The van der Waals surface area contributed by atoms with E-state index < -0.39 is 5.91 Å². The minimum Gasteiger partial charge on any atom is -0.379 e. The normalized spacial score (nSPS) is 18.5. The van der Waals surface area contributed by atoms with E-state index in [0.717, 1.165) is 60.2 Å². The van der Waals surface area contributed by atoms with Crippen LogP contribution in [0.25, 0.3) is 16.5 Å². The van der Waals surface area contributed by atoms with Gasteiger partial charge in [0.05, 0.1) is 13.2 Å². The topological polar surface area (TPSA) is 96.7 Å². The van der Waals surface area contributed by atoms with Gasteiger partial charge in [0, 0.05) is 35.0 Å². The molecule has 4 rings (SSSR count). The van der Waals surface area contributed by atoms with Gasteiger partial charge >= 0.3 is 0 Å². The number of amides is 2. The summed E-state index contributed by atoms with van der Waals surface area (Å²) in [5.74, 6) is -0.643. The van der Waals surface area contributed by atoms with Crippen LogP contribution in [0.4, 0.5) is 0 Å². The summed E-state index contributed by atoms with van der Waals surface area (Å²) in [6.07, 6.45) is 2.52. The predicted octanol–water partition coefficient (Wildman–Crippen LogP) is 1.73. The van der Waals surface area contributed by atoms with E-state index in [0.29, 0.717) is 16.4 Å². The molecular weight excluding hydrogens is 420 g/mol. The minimum absolute atomic E-state index is 0.230.